The fourth-order valence-corrected chi connectivity index (χ4v) is 5.09. The molecule has 1 amide bonds. The van der Waals surface area contributed by atoms with E-state index in [4.69, 9.17) is 14.5 Å². The number of anilines is 1. The molecule has 7 heteroatoms. The Balaban J connectivity index is 1.42. The van der Waals surface area contributed by atoms with Crippen molar-refractivity contribution in [1.29, 1.82) is 0 Å². The van der Waals surface area contributed by atoms with Crippen molar-refractivity contribution in [2.24, 2.45) is 0 Å². The van der Waals surface area contributed by atoms with Crippen molar-refractivity contribution in [3.8, 4) is 5.75 Å². The molecule has 35 heavy (non-hydrogen) atoms. The smallest absolute Gasteiger partial charge is 0.254 e. The van der Waals surface area contributed by atoms with Crippen LogP contribution in [0.15, 0.2) is 54.6 Å². The van der Waals surface area contributed by atoms with E-state index in [2.05, 4.69) is 22.3 Å². The number of morpholine rings is 1. The number of nitrogens with one attached hydrogen (secondary N) is 1. The number of nitrogens with zero attached hydrogens (tertiary/aromatic N) is 3. The van der Waals surface area contributed by atoms with Gasteiger partial charge in [0.1, 0.15) is 11.6 Å². The summed E-state index contributed by atoms with van der Waals surface area (Å²) in [7, 11) is 1.69. The molecule has 1 atom stereocenters. The van der Waals surface area contributed by atoms with Crippen molar-refractivity contribution >= 4 is 22.6 Å². The van der Waals surface area contributed by atoms with E-state index < -0.39 is 0 Å². The van der Waals surface area contributed by atoms with E-state index in [9.17, 15) is 4.79 Å². The fourth-order valence-electron chi connectivity index (χ4n) is 5.09. The highest BCUT2D eigenvalue weighted by Gasteiger charge is 2.24. The summed E-state index contributed by atoms with van der Waals surface area (Å²) in [5, 5.41) is 4.47. The molecular weight excluding hydrogens is 440 g/mol. The lowest BCUT2D eigenvalue weighted by Gasteiger charge is -2.35. The summed E-state index contributed by atoms with van der Waals surface area (Å²) >= 11 is 0. The summed E-state index contributed by atoms with van der Waals surface area (Å²) in [6, 6.07) is 18.4. The minimum absolute atomic E-state index is 0.0395. The lowest BCUT2D eigenvalue weighted by atomic mass is 10.0. The Morgan fingerprint density at radius 3 is 2.51 bits per heavy atom. The maximum atomic E-state index is 13.4. The molecule has 1 aromatic heterocycles. The minimum atomic E-state index is 0.0395. The van der Waals surface area contributed by atoms with Gasteiger partial charge in [0.25, 0.3) is 5.91 Å². The predicted molar refractivity (Wildman–Crippen MR) is 138 cm³/mol. The van der Waals surface area contributed by atoms with Crippen LogP contribution in [0.2, 0.25) is 0 Å². The molecule has 184 valence electrons. The van der Waals surface area contributed by atoms with Crippen molar-refractivity contribution < 1.29 is 14.3 Å². The molecule has 0 aliphatic carbocycles. The van der Waals surface area contributed by atoms with Crippen LogP contribution in [0.3, 0.4) is 0 Å². The van der Waals surface area contributed by atoms with Gasteiger partial charge in [0.05, 0.1) is 37.4 Å². The molecule has 2 saturated heterocycles. The van der Waals surface area contributed by atoms with E-state index in [1.165, 1.54) is 24.8 Å². The Hall–Kier alpha value is -3.16. The fraction of sp³-hybridized carbons (Fsp3) is 0.429. The number of likely N-dealkylation sites (tertiary alicyclic amines) is 1. The summed E-state index contributed by atoms with van der Waals surface area (Å²) in [4.78, 5) is 22.7. The molecule has 0 spiro atoms. The van der Waals surface area contributed by atoms with E-state index in [1.807, 2.05) is 47.4 Å². The van der Waals surface area contributed by atoms with E-state index in [0.29, 0.717) is 38.4 Å². The van der Waals surface area contributed by atoms with Crippen LogP contribution in [0.4, 0.5) is 5.82 Å². The molecule has 0 radical (unpaired) electrons. The van der Waals surface area contributed by atoms with Gasteiger partial charge in [-0.1, -0.05) is 36.8 Å². The normalized spacial score (nSPS) is 17.8. The second kappa shape index (κ2) is 11.1. The first-order chi connectivity index (χ1) is 17.2. The van der Waals surface area contributed by atoms with Crippen LogP contribution < -0.4 is 10.1 Å². The third-order valence-electron chi connectivity index (χ3n) is 7.05. The van der Waals surface area contributed by atoms with Crippen molar-refractivity contribution in [3.05, 3.63) is 65.7 Å². The average molecular weight is 475 g/mol. The molecule has 3 heterocycles. The van der Waals surface area contributed by atoms with Crippen LogP contribution in [0, 0.1) is 0 Å². The third kappa shape index (κ3) is 5.41. The number of carbonyl (C=O) groups is 1. The highest BCUT2D eigenvalue weighted by molar-refractivity contribution is 6.07. The molecule has 2 aromatic carbocycles. The lowest BCUT2D eigenvalue weighted by Crippen LogP contribution is -2.40. The van der Waals surface area contributed by atoms with Crippen molar-refractivity contribution in [2.45, 2.75) is 25.3 Å². The number of pyridine rings is 1. The number of hydrogen-bond donors (Lipinski definition) is 1. The van der Waals surface area contributed by atoms with Crippen molar-refractivity contribution in [2.75, 3.05) is 58.4 Å². The second-order valence-corrected chi connectivity index (χ2v) is 9.24. The maximum Gasteiger partial charge on any atom is 0.254 e. The Morgan fingerprint density at radius 1 is 1.03 bits per heavy atom. The van der Waals surface area contributed by atoms with E-state index in [0.717, 1.165) is 35.6 Å². The second-order valence-electron chi connectivity index (χ2n) is 9.24. The number of benzene rings is 2. The highest BCUT2D eigenvalue weighted by Crippen LogP contribution is 2.28. The number of ether oxygens (including phenoxy) is 2. The van der Waals surface area contributed by atoms with Gasteiger partial charge in [0, 0.05) is 25.0 Å². The van der Waals surface area contributed by atoms with Crippen LogP contribution in [-0.4, -0.2) is 73.7 Å². The Bertz CT molecular complexity index is 1140. The van der Waals surface area contributed by atoms with Crippen LogP contribution in [0.1, 0.15) is 41.2 Å². The first-order valence-corrected chi connectivity index (χ1v) is 12.6. The monoisotopic (exact) mass is 474 g/mol. The number of amides is 1. The molecule has 2 aliphatic rings. The van der Waals surface area contributed by atoms with Crippen LogP contribution >= 0.6 is 0 Å². The lowest BCUT2D eigenvalue weighted by molar-refractivity contribution is 0.0304. The van der Waals surface area contributed by atoms with Gasteiger partial charge in [0.2, 0.25) is 0 Å². The zero-order valence-corrected chi connectivity index (χ0v) is 20.4. The molecule has 3 aromatic rings. The Labute approximate surface area is 207 Å². The average Bonchev–Trinajstić information content (AvgIpc) is 2.93. The van der Waals surface area contributed by atoms with Gasteiger partial charge in [0.15, 0.2) is 0 Å². The van der Waals surface area contributed by atoms with Crippen LogP contribution in [-0.2, 0) is 4.74 Å². The summed E-state index contributed by atoms with van der Waals surface area (Å²) < 4.78 is 10.8. The third-order valence-corrected chi connectivity index (χ3v) is 7.05. The predicted octanol–water partition coefficient (Wildman–Crippen LogP) is 4.35. The van der Waals surface area contributed by atoms with E-state index in [-0.39, 0.29) is 11.9 Å². The quantitative estimate of drug-likeness (QED) is 0.549. The summed E-state index contributed by atoms with van der Waals surface area (Å²) in [6.45, 7) is 5.29. The standard InChI is InChI=1S/C28H34N4O3/c1-34-22-11-9-21(10-12-22)26(31-13-5-2-6-14-31)20-29-27-19-24(23-7-3-4-8-25(23)30-27)28(33)32-15-17-35-18-16-32/h3-4,7-12,19,26H,2,5-6,13-18,20H2,1H3,(H,29,30). The molecule has 1 unspecified atom stereocenters. The number of rotatable bonds is 7. The van der Waals surface area contributed by atoms with Gasteiger partial charge in [-0.05, 0) is 55.8 Å². The first-order valence-electron chi connectivity index (χ1n) is 12.6. The van der Waals surface area contributed by atoms with Gasteiger partial charge in [-0.15, -0.1) is 0 Å². The van der Waals surface area contributed by atoms with Gasteiger partial charge in [-0.2, -0.15) is 0 Å². The zero-order chi connectivity index (χ0) is 24.0. The number of aromatic nitrogens is 1. The Morgan fingerprint density at radius 2 is 1.77 bits per heavy atom. The van der Waals surface area contributed by atoms with Gasteiger partial charge < -0.3 is 19.7 Å². The maximum absolute atomic E-state index is 13.4. The van der Waals surface area contributed by atoms with Gasteiger partial charge in [-0.3, -0.25) is 9.69 Å². The summed E-state index contributed by atoms with van der Waals surface area (Å²) in [6.07, 6.45) is 3.73. The molecule has 0 saturated carbocycles. The topological polar surface area (TPSA) is 66.9 Å². The number of methoxy groups -OCH3 is 1. The number of hydrogen-bond acceptors (Lipinski definition) is 6. The molecule has 2 aliphatic heterocycles. The molecular formula is C28H34N4O3. The molecule has 0 bridgehead atoms. The number of fused-ring (bicyclic) bond motifs is 1. The Kier molecular flexibility index (Phi) is 7.45. The number of piperidine rings is 1. The molecule has 1 N–H and O–H groups in total. The largest absolute Gasteiger partial charge is 0.497 e. The van der Waals surface area contributed by atoms with Gasteiger partial charge in [-0.25, -0.2) is 4.98 Å². The van der Waals surface area contributed by atoms with Crippen LogP contribution in [0.25, 0.3) is 10.9 Å². The number of para-hydroxylation sites is 1. The van der Waals surface area contributed by atoms with Crippen LogP contribution in [0.5, 0.6) is 5.75 Å². The SMILES string of the molecule is COc1ccc(C(CNc2cc(C(=O)N3CCOCC3)c3ccccc3n2)N2CCCCC2)cc1. The first kappa shape index (κ1) is 23.6. The van der Waals surface area contributed by atoms with Crippen molar-refractivity contribution in [1.82, 2.24) is 14.8 Å². The minimum Gasteiger partial charge on any atom is -0.497 e. The zero-order valence-electron chi connectivity index (χ0n) is 20.4. The van der Waals surface area contributed by atoms with Crippen molar-refractivity contribution in [3.63, 3.8) is 0 Å². The summed E-state index contributed by atoms with van der Waals surface area (Å²) in [5.74, 6) is 1.63. The summed E-state index contributed by atoms with van der Waals surface area (Å²) in [5.41, 5.74) is 2.78. The van der Waals surface area contributed by atoms with Gasteiger partial charge >= 0.3 is 0 Å². The van der Waals surface area contributed by atoms with E-state index >= 15 is 0 Å². The van der Waals surface area contributed by atoms with E-state index in [1.54, 1.807) is 7.11 Å². The number of carbonyl (C=O) groups excluding carboxylic acids is 1. The molecule has 2 fully saturated rings. The molecule has 7 nitrogen and oxygen atoms in total. The highest BCUT2D eigenvalue weighted by atomic mass is 16.5. The molecule has 5 rings (SSSR count).